The summed E-state index contributed by atoms with van der Waals surface area (Å²) in [5.74, 6) is 1.16. The summed E-state index contributed by atoms with van der Waals surface area (Å²) in [6.45, 7) is 11.7. The van der Waals surface area contributed by atoms with Crippen molar-refractivity contribution in [3.8, 4) is 0 Å². The monoisotopic (exact) mass is 210 g/mol. The van der Waals surface area contributed by atoms with Crippen molar-refractivity contribution in [2.45, 2.75) is 52.0 Å². The van der Waals surface area contributed by atoms with Crippen LogP contribution >= 0.6 is 0 Å². The van der Waals surface area contributed by atoms with E-state index < -0.39 is 8.07 Å². The molecule has 0 aliphatic rings. The molecule has 0 aliphatic heterocycles. The Labute approximate surface area is 88.4 Å². The lowest BCUT2D eigenvalue weighted by Crippen LogP contribution is -2.35. The molecule has 0 aromatic carbocycles. The van der Waals surface area contributed by atoms with Crippen molar-refractivity contribution in [1.82, 2.24) is 9.55 Å². The smallest absolute Gasteiger partial charge is 0.105 e. The molecule has 14 heavy (non-hydrogen) atoms. The Hall–Kier alpha value is -0.573. The number of imidazole rings is 1. The van der Waals surface area contributed by atoms with Crippen LogP contribution in [0.3, 0.4) is 0 Å². The molecule has 0 bridgehead atoms. The van der Waals surface area contributed by atoms with Crippen LogP contribution in [0.2, 0.25) is 19.6 Å². The van der Waals surface area contributed by atoms with Crippen molar-refractivity contribution >= 4 is 8.07 Å². The van der Waals surface area contributed by atoms with Gasteiger partial charge in [-0.15, -0.1) is 0 Å². The van der Waals surface area contributed by atoms with Gasteiger partial charge in [0.05, 0.1) is 8.07 Å². The number of aromatic nitrogens is 2. The maximum atomic E-state index is 4.32. The summed E-state index contributed by atoms with van der Waals surface area (Å²) in [5.41, 5.74) is 0.704. The molecular formula is C11H22N2Si. The topological polar surface area (TPSA) is 17.8 Å². The predicted molar refractivity (Wildman–Crippen MR) is 64.3 cm³/mol. The first kappa shape index (κ1) is 11.5. The first-order chi connectivity index (χ1) is 6.46. The number of aryl methyl sites for hydroxylation is 1. The van der Waals surface area contributed by atoms with Crippen LogP contribution in [0.25, 0.3) is 0 Å². The van der Waals surface area contributed by atoms with Crippen molar-refractivity contribution in [1.29, 1.82) is 0 Å². The second-order valence-corrected chi connectivity index (χ2v) is 10.5. The van der Waals surface area contributed by atoms with Crippen LogP contribution in [0.1, 0.15) is 31.3 Å². The lowest BCUT2D eigenvalue weighted by Gasteiger charge is -2.30. The molecule has 0 fully saturated rings. The standard InChI is InChI=1S/C11H22N2Si/c1-6-7-11(14(3,4)5)13-9-8-12-10(13)2/h8-9,11H,6-7H2,1-5H3. The van der Waals surface area contributed by atoms with Crippen LogP contribution in [0.15, 0.2) is 12.4 Å². The van der Waals surface area contributed by atoms with Crippen LogP contribution in [0.5, 0.6) is 0 Å². The van der Waals surface area contributed by atoms with E-state index in [-0.39, 0.29) is 0 Å². The summed E-state index contributed by atoms with van der Waals surface area (Å²) < 4.78 is 2.37. The molecule has 1 heterocycles. The van der Waals surface area contributed by atoms with Crippen molar-refractivity contribution in [2.24, 2.45) is 0 Å². The zero-order valence-corrected chi connectivity index (χ0v) is 11.0. The van der Waals surface area contributed by atoms with Gasteiger partial charge in [0.1, 0.15) is 5.82 Å². The van der Waals surface area contributed by atoms with E-state index in [1.807, 2.05) is 6.20 Å². The van der Waals surface area contributed by atoms with Gasteiger partial charge in [0, 0.05) is 18.1 Å². The third-order valence-corrected chi connectivity index (χ3v) is 5.33. The molecule has 0 spiro atoms. The number of rotatable bonds is 4. The maximum Gasteiger partial charge on any atom is 0.105 e. The minimum Gasteiger partial charge on any atom is -0.335 e. The van der Waals surface area contributed by atoms with Gasteiger partial charge in [-0.3, -0.25) is 0 Å². The quantitative estimate of drug-likeness (QED) is 0.696. The molecule has 3 heteroatoms. The summed E-state index contributed by atoms with van der Waals surface area (Å²) >= 11 is 0. The van der Waals surface area contributed by atoms with Crippen molar-refractivity contribution in [3.63, 3.8) is 0 Å². The molecule has 0 N–H and O–H groups in total. The molecule has 0 saturated heterocycles. The Morgan fingerprint density at radius 1 is 1.43 bits per heavy atom. The number of hydrogen-bond donors (Lipinski definition) is 0. The fraction of sp³-hybridized carbons (Fsp3) is 0.727. The van der Waals surface area contributed by atoms with Gasteiger partial charge in [-0.25, -0.2) is 4.98 Å². The molecule has 1 atom stereocenters. The van der Waals surface area contributed by atoms with E-state index in [1.54, 1.807) is 0 Å². The third-order valence-electron chi connectivity index (χ3n) is 2.76. The van der Waals surface area contributed by atoms with Gasteiger partial charge < -0.3 is 4.57 Å². The average molecular weight is 210 g/mol. The zero-order valence-electron chi connectivity index (χ0n) is 10.0. The van der Waals surface area contributed by atoms with Crippen molar-refractivity contribution in [2.75, 3.05) is 0 Å². The fourth-order valence-electron chi connectivity index (χ4n) is 1.98. The third kappa shape index (κ3) is 2.47. The van der Waals surface area contributed by atoms with Gasteiger partial charge in [-0.1, -0.05) is 33.0 Å². The molecule has 80 valence electrons. The van der Waals surface area contributed by atoms with Gasteiger partial charge in [-0.2, -0.15) is 0 Å². The molecular weight excluding hydrogens is 188 g/mol. The van der Waals surface area contributed by atoms with Crippen LogP contribution < -0.4 is 0 Å². The van der Waals surface area contributed by atoms with Crippen LogP contribution in [-0.2, 0) is 0 Å². The highest BCUT2D eigenvalue weighted by atomic mass is 28.3. The van der Waals surface area contributed by atoms with Crippen LogP contribution in [-0.4, -0.2) is 17.6 Å². The summed E-state index contributed by atoms with van der Waals surface area (Å²) in [7, 11) is -1.12. The van der Waals surface area contributed by atoms with Crippen LogP contribution in [0, 0.1) is 6.92 Å². The highest BCUT2D eigenvalue weighted by Gasteiger charge is 2.27. The summed E-state index contributed by atoms with van der Waals surface area (Å²) in [6.07, 6.45) is 6.59. The number of nitrogens with zero attached hydrogens (tertiary/aromatic N) is 2. The minimum atomic E-state index is -1.12. The Morgan fingerprint density at radius 2 is 2.07 bits per heavy atom. The normalized spacial score (nSPS) is 14.4. The summed E-state index contributed by atoms with van der Waals surface area (Å²) in [4.78, 5) is 4.32. The summed E-state index contributed by atoms with van der Waals surface area (Å²) in [6, 6.07) is 0. The Morgan fingerprint density at radius 3 is 2.43 bits per heavy atom. The van der Waals surface area contributed by atoms with Crippen molar-refractivity contribution < 1.29 is 0 Å². The van der Waals surface area contributed by atoms with E-state index in [1.165, 1.54) is 12.8 Å². The van der Waals surface area contributed by atoms with E-state index in [0.717, 1.165) is 5.82 Å². The van der Waals surface area contributed by atoms with E-state index in [9.17, 15) is 0 Å². The SMILES string of the molecule is CCCC(n1ccnc1C)[Si](C)(C)C. The molecule has 0 saturated carbocycles. The zero-order chi connectivity index (χ0) is 10.8. The molecule has 1 aromatic heterocycles. The molecule has 1 aromatic rings. The molecule has 1 rings (SSSR count). The predicted octanol–water partition coefficient (Wildman–Crippen LogP) is 3.41. The van der Waals surface area contributed by atoms with E-state index in [4.69, 9.17) is 0 Å². The van der Waals surface area contributed by atoms with Gasteiger partial charge in [0.15, 0.2) is 0 Å². The Balaban J connectivity index is 2.95. The first-order valence-corrected chi connectivity index (χ1v) is 9.04. The Bertz CT molecular complexity index is 286. The summed E-state index contributed by atoms with van der Waals surface area (Å²) in [5, 5.41) is 0. The van der Waals surface area contributed by atoms with Gasteiger partial charge in [-0.05, 0) is 13.3 Å². The molecule has 0 amide bonds. The first-order valence-electron chi connectivity index (χ1n) is 5.46. The number of hydrogen-bond acceptors (Lipinski definition) is 1. The minimum absolute atomic E-state index is 0.704. The van der Waals surface area contributed by atoms with Crippen molar-refractivity contribution in [3.05, 3.63) is 18.2 Å². The molecule has 1 unspecified atom stereocenters. The van der Waals surface area contributed by atoms with Crippen LogP contribution in [0.4, 0.5) is 0 Å². The van der Waals surface area contributed by atoms with E-state index in [0.29, 0.717) is 5.67 Å². The average Bonchev–Trinajstić information content (AvgIpc) is 2.45. The van der Waals surface area contributed by atoms with Gasteiger partial charge in [0.25, 0.3) is 0 Å². The molecule has 0 radical (unpaired) electrons. The van der Waals surface area contributed by atoms with E-state index in [2.05, 4.69) is 49.2 Å². The Kier molecular flexibility index (Phi) is 3.53. The van der Waals surface area contributed by atoms with Gasteiger partial charge >= 0.3 is 0 Å². The molecule has 0 aliphatic carbocycles. The lowest BCUT2D eigenvalue weighted by molar-refractivity contribution is 0.567. The lowest BCUT2D eigenvalue weighted by atomic mass is 10.3. The van der Waals surface area contributed by atoms with Gasteiger partial charge in [0.2, 0.25) is 0 Å². The fourth-order valence-corrected chi connectivity index (χ4v) is 4.24. The highest BCUT2D eigenvalue weighted by molar-refractivity contribution is 6.76. The second kappa shape index (κ2) is 4.30. The largest absolute Gasteiger partial charge is 0.335 e. The second-order valence-electron chi connectivity index (χ2n) is 5.05. The highest BCUT2D eigenvalue weighted by Crippen LogP contribution is 2.26. The maximum absolute atomic E-state index is 4.32. The molecule has 2 nitrogen and oxygen atoms in total. The van der Waals surface area contributed by atoms with E-state index >= 15 is 0 Å².